The van der Waals surface area contributed by atoms with Crippen LogP contribution in [-0.4, -0.2) is 22.2 Å². The van der Waals surface area contributed by atoms with Gasteiger partial charge in [0.2, 0.25) is 0 Å². The predicted octanol–water partition coefficient (Wildman–Crippen LogP) is 3.29. The van der Waals surface area contributed by atoms with Gasteiger partial charge in [0, 0.05) is 0 Å². The van der Waals surface area contributed by atoms with E-state index in [4.69, 9.17) is 9.84 Å². The Labute approximate surface area is 147 Å². The molecule has 2 aromatic carbocycles. The van der Waals surface area contributed by atoms with Crippen LogP contribution in [0.1, 0.15) is 21.5 Å². The Hall–Kier alpha value is -3.06. The lowest BCUT2D eigenvalue weighted by molar-refractivity contribution is -0.115. The van der Waals surface area contributed by atoms with Crippen molar-refractivity contribution in [2.75, 3.05) is 0 Å². The van der Waals surface area contributed by atoms with Crippen molar-refractivity contribution in [1.29, 1.82) is 0 Å². The normalized spacial score (nSPS) is 15.3. The Morgan fingerprint density at radius 1 is 1.16 bits per heavy atom. The molecule has 0 aromatic heterocycles. The molecule has 0 aliphatic carbocycles. The topological polar surface area (TPSA) is 92.7 Å². The Morgan fingerprint density at radius 2 is 1.92 bits per heavy atom. The molecule has 25 heavy (non-hydrogen) atoms. The first-order chi connectivity index (χ1) is 12.0. The number of carbonyl (C=O) groups is 3. The van der Waals surface area contributed by atoms with Gasteiger partial charge < -0.3 is 9.84 Å². The van der Waals surface area contributed by atoms with Crippen LogP contribution in [-0.2, 0) is 11.4 Å². The number of hydrogen-bond acceptors (Lipinski definition) is 5. The second-order valence-electron chi connectivity index (χ2n) is 5.22. The van der Waals surface area contributed by atoms with E-state index in [0.29, 0.717) is 10.7 Å². The molecule has 2 aromatic rings. The van der Waals surface area contributed by atoms with Gasteiger partial charge in [-0.15, -0.1) is 0 Å². The smallest absolute Gasteiger partial charge is 0.335 e. The minimum absolute atomic E-state index is 0.213. The summed E-state index contributed by atoms with van der Waals surface area (Å²) in [6.45, 7) is 0.244. The van der Waals surface area contributed by atoms with Crippen molar-refractivity contribution in [1.82, 2.24) is 5.32 Å². The van der Waals surface area contributed by atoms with Crippen molar-refractivity contribution in [3.63, 3.8) is 0 Å². The molecule has 0 saturated carbocycles. The zero-order valence-electron chi connectivity index (χ0n) is 12.9. The Balaban J connectivity index is 1.64. The van der Waals surface area contributed by atoms with Gasteiger partial charge in [-0.1, -0.05) is 24.3 Å². The van der Waals surface area contributed by atoms with Crippen LogP contribution in [0.2, 0.25) is 0 Å². The van der Waals surface area contributed by atoms with E-state index in [1.165, 1.54) is 6.07 Å². The van der Waals surface area contributed by atoms with Gasteiger partial charge in [0.15, 0.2) is 0 Å². The molecule has 0 bridgehead atoms. The number of ether oxygens (including phenoxy) is 1. The average Bonchev–Trinajstić information content (AvgIpc) is 2.92. The van der Waals surface area contributed by atoms with E-state index in [1.54, 1.807) is 48.5 Å². The highest BCUT2D eigenvalue weighted by molar-refractivity contribution is 8.18. The first kappa shape index (κ1) is 16.8. The van der Waals surface area contributed by atoms with Crippen LogP contribution in [0.15, 0.2) is 53.4 Å². The van der Waals surface area contributed by atoms with Crippen molar-refractivity contribution < 1.29 is 24.2 Å². The summed E-state index contributed by atoms with van der Waals surface area (Å²) in [4.78, 5) is 33.9. The van der Waals surface area contributed by atoms with Crippen LogP contribution >= 0.6 is 11.8 Å². The van der Waals surface area contributed by atoms with Crippen molar-refractivity contribution >= 4 is 35.0 Å². The van der Waals surface area contributed by atoms with E-state index in [0.717, 1.165) is 22.9 Å². The number of carbonyl (C=O) groups excluding carboxylic acids is 2. The molecule has 1 fully saturated rings. The average molecular weight is 355 g/mol. The van der Waals surface area contributed by atoms with Gasteiger partial charge in [0.1, 0.15) is 12.4 Å². The van der Waals surface area contributed by atoms with Gasteiger partial charge in [-0.05, 0) is 53.2 Å². The van der Waals surface area contributed by atoms with Gasteiger partial charge in [0.05, 0.1) is 10.5 Å². The maximum absolute atomic E-state index is 11.5. The predicted molar refractivity (Wildman–Crippen MR) is 93.3 cm³/mol. The molecular formula is C18H13NO5S. The van der Waals surface area contributed by atoms with Gasteiger partial charge in [0.25, 0.3) is 11.1 Å². The number of amides is 2. The van der Waals surface area contributed by atoms with Crippen molar-refractivity contribution in [3.05, 3.63) is 70.1 Å². The second-order valence-corrected chi connectivity index (χ2v) is 6.23. The SMILES string of the molecule is O=C1NC(=O)/C(=C\c2ccc(OCc3cccc(C(=O)O)c3)cc2)S1. The highest BCUT2D eigenvalue weighted by atomic mass is 32.2. The van der Waals surface area contributed by atoms with Gasteiger partial charge >= 0.3 is 5.97 Å². The van der Waals surface area contributed by atoms with Gasteiger partial charge in [-0.3, -0.25) is 14.9 Å². The Bertz CT molecular complexity index is 873. The van der Waals surface area contributed by atoms with E-state index in [9.17, 15) is 14.4 Å². The van der Waals surface area contributed by atoms with E-state index >= 15 is 0 Å². The number of hydrogen-bond donors (Lipinski definition) is 2. The first-order valence-corrected chi connectivity index (χ1v) is 8.13. The molecule has 0 spiro atoms. The molecule has 1 saturated heterocycles. The zero-order chi connectivity index (χ0) is 17.8. The molecule has 6 nitrogen and oxygen atoms in total. The molecule has 0 unspecified atom stereocenters. The number of carboxylic acids is 1. The van der Waals surface area contributed by atoms with Crippen LogP contribution in [0.3, 0.4) is 0 Å². The third-order valence-electron chi connectivity index (χ3n) is 3.40. The molecule has 1 heterocycles. The van der Waals surface area contributed by atoms with Crippen LogP contribution in [0, 0.1) is 0 Å². The molecule has 0 radical (unpaired) electrons. The first-order valence-electron chi connectivity index (χ1n) is 7.31. The Morgan fingerprint density at radius 3 is 2.56 bits per heavy atom. The Kier molecular flexibility index (Phi) is 4.85. The fourth-order valence-corrected chi connectivity index (χ4v) is 2.88. The summed E-state index contributed by atoms with van der Waals surface area (Å²) < 4.78 is 5.64. The quantitative estimate of drug-likeness (QED) is 0.800. The van der Waals surface area contributed by atoms with Crippen LogP contribution in [0.4, 0.5) is 4.79 Å². The largest absolute Gasteiger partial charge is 0.489 e. The lowest BCUT2D eigenvalue weighted by Crippen LogP contribution is -2.17. The van der Waals surface area contributed by atoms with Crippen LogP contribution in [0.5, 0.6) is 5.75 Å². The fourth-order valence-electron chi connectivity index (χ4n) is 2.19. The van der Waals surface area contributed by atoms with E-state index in [2.05, 4.69) is 5.32 Å². The molecule has 2 amide bonds. The van der Waals surface area contributed by atoms with Crippen molar-refractivity contribution in [2.24, 2.45) is 0 Å². The highest BCUT2D eigenvalue weighted by Gasteiger charge is 2.24. The van der Waals surface area contributed by atoms with Gasteiger partial charge in [-0.25, -0.2) is 4.79 Å². The molecule has 1 aliphatic heterocycles. The summed E-state index contributed by atoms with van der Waals surface area (Å²) in [5.74, 6) is -0.761. The molecular weight excluding hydrogens is 342 g/mol. The number of benzene rings is 2. The number of carboxylic acid groups (broad SMARTS) is 1. The third-order valence-corrected chi connectivity index (χ3v) is 4.21. The maximum Gasteiger partial charge on any atom is 0.335 e. The highest BCUT2D eigenvalue weighted by Crippen LogP contribution is 2.26. The lowest BCUT2D eigenvalue weighted by atomic mass is 10.1. The molecule has 3 rings (SSSR count). The van der Waals surface area contributed by atoms with Crippen molar-refractivity contribution in [2.45, 2.75) is 6.61 Å². The fraction of sp³-hybridized carbons (Fsp3) is 0.0556. The summed E-state index contributed by atoms with van der Waals surface area (Å²) in [7, 11) is 0. The third kappa shape index (κ3) is 4.27. The number of nitrogens with one attached hydrogen (secondary N) is 1. The number of aromatic carboxylic acids is 1. The van der Waals surface area contributed by atoms with E-state index < -0.39 is 11.9 Å². The van der Waals surface area contributed by atoms with E-state index in [1.807, 2.05) is 0 Å². The van der Waals surface area contributed by atoms with E-state index in [-0.39, 0.29) is 17.4 Å². The summed E-state index contributed by atoms with van der Waals surface area (Å²) >= 11 is 0.866. The molecule has 2 N–H and O–H groups in total. The molecule has 1 aliphatic rings. The monoisotopic (exact) mass is 355 g/mol. The van der Waals surface area contributed by atoms with Crippen LogP contribution < -0.4 is 10.1 Å². The molecule has 126 valence electrons. The summed E-state index contributed by atoms with van der Waals surface area (Å²) in [6, 6.07) is 13.6. The summed E-state index contributed by atoms with van der Waals surface area (Å²) in [5, 5.41) is 10.8. The van der Waals surface area contributed by atoms with Crippen molar-refractivity contribution in [3.8, 4) is 5.75 Å². The molecule has 7 heteroatoms. The summed E-state index contributed by atoms with van der Waals surface area (Å²) in [5.41, 5.74) is 1.74. The number of imide groups is 1. The maximum atomic E-state index is 11.5. The van der Waals surface area contributed by atoms with Crippen LogP contribution in [0.25, 0.3) is 6.08 Å². The number of thioether (sulfide) groups is 1. The minimum Gasteiger partial charge on any atom is -0.489 e. The second kappa shape index (κ2) is 7.23. The minimum atomic E-state index is -0.980. The zero-order valence-corrected chi connectivity index (χ0v) is 13.7. The van der Waals surface area contributed by atoms with Gasteiger partial charge in [-0.2, -0.15) is 0 Å². The number of rotatable bonds is 5. The summed E-state index contributed by atoms with van der Waals surface area (Å²) in [6.07, 6.45) is 1.63. The lowest BCUT2D eigenvalue weighted by Gasteiger charge is -2.07. The standard InChI is InChI=1S/C18H13NO5S/c20-16-15(25-18(23)19-16)9-11-4-6-14(7-5-11)24-10-12-2-1-3-13(8-12)17(21)22/h1-9H,10H2,(H,21,22)(H,19,20,23)/b15-9+. The molecule has 0 atom stereocenters.